The second-order valence-electron chi connectivity index (χ2n) is 3.52. The lowest BCUT2D eigenvalue weighted by molar-refractivity contribution is -0.141. The zero-order chi connectivity index (χ0) is 10.9. The van der Waals surface area contributed by atoms with Crippen LogP contribution in [0.1, 0.15) is 24.6 Å². The first-order chi connectivity index (χ1) is 7.07. The number of hydrogen-bond acceptors (Lipinski definition) is 2. The summed E-state index contributed by atoms with van der Waals surface area (Å²) in [6.45, 7) is 1.18. The van der Waals surface area contributed by atoms with Gasteiger partial charge in [0.05, 0.1) is 6.04 Å². The first-order valence-corrected chi connectivity index (χ1v) is 4.77. The summed E-state index contributed by atoms with van der Waals surface area (Å²) in [5, 5.41) is 3.54. The van der Waals surface area contributed by atoms with Crippen molar-refractivity contribution >= 4 is 0 Å². The molecule has 0 aliphatic carbocycles. The molecule has 3 nitrogen and oxygen atoms in total. The van der Waals surface area contributed by atoms with Gasteiger partial charge >= 0.3 is 6.18 Å². The van der Waals surface area contributed by atoms with Gasteiger partial charge in [0.2, 0.25) is 0 Å². The van der Waals surface area contributed by atoms with Gasteiger partial charge < -0.3 is 4.74 Å². The molecule has 1 aliphatic heterocycles. The maximum atomic E-state index is 12.3. The third-order valence-corrected chi connectivity index (χ3v) is 2.46. The van der Waals surface area contributed by atoms with E-state index in [1.54, 1.807) is 0 Å². The van der Waals surface area contributed by atoms with Gasteiger partial charge in [-0.25, -0.2) is 0 Å². The molecule has 0 N–H and O–H groups in total. The van der Waals surface area contributed by atoms with Gasteiger partial charge in [0, 0.05) is 19.4 Å². The standard InChI is InChI=1S/C9H11F3N2O/c10-9(11,12)8-1-4-14(13-8)7-2-5-15-6-3-7/h1,4,7H,2-3,5-6H2. The molecular weight excluding hydrogens is 209 g/mol. The molecule has 0 atom stereocenters. The van der Waals surface area contributed by atoms with Crippen LogP contribution in [0.15, 0.2) is 12.3 Å². The molecule has 0 bridgehead atoms. The first kappa shape index (κ1) is 10.5. The summed E-state index contributed by atoms with van der Waals surface area (Å²) in [6.07, 6.45) is -1.52. The van der Waals surface area contributed by atoms with Crippen molar-refractivity contribution in [2.45, 2.75) is 25.1 Å². The predicted molar refractivity (Wildman–Crippen MR) is 46.3 cm³/mol. The molecule has 1 saturated heterocycles. The largest absolute Gasteiger partial charge is 0.435 e. The molecule has 2 heterocycles. The Morgan fingerprint density at radius 2 is 2.00 bits per heavy atom. The van der Waals surface area contributed by atoms with E-state index in [9.17, 15) is 13.2 Å². The number of aromatic nitrogens is 2. The van der Waals surface area contributed by atoms with E-state index in [2.05, 4.69) is 5.10 Å². The zero-order valence-electron chi connectivity index (χ0n) is 8.00. The van der Waals surface area contributed by atoms with Crippen LogP contribution in [-0.2, 0) is 10.9 Å². The summed E-state index contributed by atoms with van der Waals surface area (Å²) in [5.74, 6) is 0. The van der Waals surface area contributed by atoms with Gasteiger partial charge in [-0.05, 0) is 18.9 Å². The molecule has 0 amide bonds. The fourth-order valence-electron chi connectivity index (χ4n) is 1.64. The number of alkyl halides is 3. The molecule has 0 unspecified atom stereocenters. The van der Waals surface area contributed by atoms with E-state index >= 15 is 0 Å². The average Bonchev–Trinajstić information content (AvgIpc) is 2.67. The van der Waals surface area contributed by atoms with Gasteiger partial charge in [-0.3, -0.25) is 4.68 Å². The fourth-order valence-corrected chi connectivity index (χ4v) is 1.64. The smallest absolute Gasteiger partial charge is 0.381 e. The van der Waals surface area contributed by atoms with Crippen LogP contribution in [-0.4, -0.2) is 23.0 Å². The molecule has 1 aromatic rings. The third kappa shape index (κ3) is 2.31. The van der Waals surface area contributed by atoms with Crippen molar-refractivity contribution in [3.8, 4) is 0 Å². The zero-order valence-corrected chi connectivity index (χ0v) is 8.00. The Bertz CT molecular complexity index is 328. The summed E-state index contributed by atoms with van der Waals surface area (Å²) < 4.78 is 43.3. The second-order valence-corrected chi connectivity index (χ2v) is 3.52. The van der Waals surface area contributed by atoms with Gasteiger partial charge in [-0.15, -0.1) is 0 Å². The molecule has 0 saturated carbocycles. The van der Waals surface area contributed by atoms with Gasteiger partial charge in [0.25, 0.3) is 0 Å². The van der Waals surface area contributed by atoms with Gasteiger partial charge in [-0.1, -0.05) is 0 Å². The lowest BCUT2D eigenvalue weighted by atomic mass is 10.1. The lowest BCUT2D eigenvalue weighted by Crippen LogP contribution is -2.20. The van der Waals surface area contributed by atoms with Gasteiger partial charge in [0.1, 0.15) is 0 Å². The quantitative estimate of drug-likeness (QED) is 0.725. The van der Waals surface area contributed by atoms with Gasteiger partial charge in [0.15, 0.2) is 5.69 Å². The Kier molecular flexibility index (Phi) is 2.68. The SMILES string of the molecule is FC(F)(F)c1ccn(C2CCOCC2)n1. The minimum atomic E-state index is -4.35. The summed E-state index contributed by atoms with van der Waals surface area (Å²) in [7, 11) is 0. The summed E-state index contributed by atoms with van der Waals surface area (Å²) in [5.41, 5.74) is -0.825. The molecule has 2 rings (SSSR count). The van der Waals surface area contributed by atoms with E-state index < -0.39 is 11.9 Å². The van der Waals surface area contributed by atoms with E-state index in [0.717, 1.165) is 18.9 Å². The number of nitrogens with zero attached hydrogens (tertiary/aromatic N) is 2. The second kappa shape index (κ2) is 3.84. The van der Waals surface area contributed by atoms with E-state index in [4.69, 9.17) is 4.74 Å². The van der Waals surface area contributed by atoms with E-state index in [1.165, 1.54) is 10.9 Å². The van der Waals surface area contributed by atoms with E-state index in [-0.39, 0.29) is 6.04 Å². The van der Waals surface area contributed by atoms with Crippen LogP contribution in [0.25, 0.3) is 0 Å². The first-order valence-electron chi connectivity index (χ1n) is 4.77. The Morgan fingerprint density at radius 1 is 1.33 bits per heavy atom. The molecular formula is C9H11F3N2O. The van der Waals surface area contributed by atoms with Crippen LogP contribution in [0.2, 0.25) is 0 Å². The topological polar surface area (TPSA) is 27.1 Å². The maximum absolute atomic E-state index is 12.3. The highest BCUT2D eigenvalue weighted by atomic mass is 19.4. The minimum absolute atomic E-state index is 0.0369. The molecule has 0 spiro atoms. The number of ether oxygens (including phenoxy) is 1. The molecule has 0 aromatic carbocycles. The molecule has 0 radical (unpaired) electrons. The summed E-state index contributed by atoms with van der Waals surface area (Å²) >= 11 is 0. The van der Waals surface area contributed by atoms with Crippen molar-refractivity contribution in [2.24, 2.45) is 0 Å². The Balaban J connectivity index is 2.12. The molecule has 1 fully saturated rings. The van der Waals surface area contributed by atoms with Crippen LogP contribution in [0.4, 0.5) is 13.2 Å². The Labute approximate surface area is 84.8 Å². The molecule has 15 heavy (non-hydrogen) atoms. The van der Waals surface area contributed by atoms with E-state index in [0.29, 0.717) is 13.2 Å². The Morgan fingerprint density at radius 3 is 2.53 bits per heavy atom. The predicted octanol–water partition coefficient (Wildman–Crippen LogP) is 2.25. The van der Waals surface area contributed by atoms with Crippen molar-refractivity contribution < 1.29 is 17.9 Å². The Hall–Kier alpha value is -1.04. The minimum Gasteiger partial charge on any atom is -0.381 e. The molecule has 1 aromatic heterocycles. The maximum Gasteiger partial charge on any atom is 0.435 e. The highest BCUT2D eigenvalue weighted by Crippen LogP contribution is 2.29. The molecule has 1 aliphatic rings. The third-order valence-electron chi connectivity index (χ3n) is 2.46. The summed E-state index contributed by atoms with van der Waals surface area (Å²) in [6, 6.07) is 1.05. The van der Waals surface area contributed by atoms with Crippen molar-refractivity contribution in [1.82, 2.24) is 9.78 Å². The van der Waals surface area contributed by atoms with E-state index in [1.807, 2.05) is 0 Å². The number of hydrogen-bond donors (Lipinski definition) is 0. The highest BCUT2D eigenvalue weighted by molar-refractivity contribution is 5.04. The molecule has 84 valence electrons. The van der Waals surface area contributed by atoms with Crippen molar-refractivity contribution in [1.29, 1.82) is 0 Å². The highest BCUT2D eigenvalue weighted by Gasteiger charge is 2.34. The van der Waals surface area contributed by atoms with Gasteiger partial charge in [-0.2, -0.15) is 18.3 Å². The normalized spacial score (nSPS) is 19.4. The van der Waals surface area contributed by atoms with Crippen LogP contribution in [0.5, 0.6) is 0 Å². The van der Waals surface area contributed by atoms with Crippen LogP contribution in [0.3, 0.4) is 0 Å². The fraction of sp³-hybridized carbons (Fsp3) is 0.667. The van der Waals surface area contributed by atoms with Crippen LogP contribution < -0.4 is 0 Å². The number of halogens is 3. The van der Waals surface area contributed by atoms with Crippen molar-refractivity contribution in [3.63, 3.8) is 0 Å². The number of rotatable bonds is 1. The van der Waals surface area contributed by atoms with Crippen LogP contribution >= 0.6 is 0 Å². The molecule has 6 heteroatoms. The van der Waals surface area contributed by atoms with Crippen molar-refractivity contribution in [2.75, 3.05) is 13.2 Å². The lowest BCUT2D eigenvalue weighted by Gasteiger charge is -2.22. The van der Waals surface area contributed by atoms with Crippen molar-refractivity contribution in [3.05, 3.63) is 18.0 Å². The average molecular weight is 220 g/mol. The van der Waals surface area contributed by atoms with Crippen LogP contribution in [0, 0.1) is 0 Å². The summed E-state index contributed by atoms with van der Waals surface area (Å²) in [4.78, 5) is 0. The monoisotopic (exact) mass is 220 g/mol.